The van der Waals surface area contributed by atoms with E-state index in [1.165, 1.54) is 32.6 Å². The smallest absolute Gasteiger partial charge is 0.245 e. The minimum atomic E-state index is -1.04. The summed E-state index contributed by atoms with van der Waals surface area (Å²) in [5.74, 6) is -2.61. The Hall–Kier alpha value is -3.83. The predicted molar refractivity (Wildman–Crippen MR) is 150 cm³/mol. The van der Waals surface area contributed by atoms with E-state index in [0.717, 1.165) is 5.56 Å². The molecule has 12 heteroatoms. The molecule has 1 aromatic rings. The monoisotopic (exact) mass is 560 g/mol. The van der Waals surface area contributed by atoms with E-state index in [-0.39, 0.29) is 30.6 Å². The van der Waals surface area contributed by atoms with Gasteiger partial charge in [0.1, 0.15) is 30.0 Å². The molecule has 4 N–H and O–H groups in total. The Kier molecular flexibility index (Phi) is 14.5. The third-order valence-corrected chi connectivity index (χ3v) is 5.93. The quantitative estimate of drug-likeness (QED) is 0.228. The second-order valence-corrected chi connectivity index (χ2v) is 10.4. The molecule has 4 atom stereocenters. The summed E-state index contributed by atoms with van der Waals surface area (Å²) in [6.07, 6.45) is 4.26. The summed E-state index contributed by atoms with van der Waals surface area (Å²) in [7, 11) is 0. The van der Waals surface area contributed by atoms with E-state index < -0.39 is 47.8 Å². The minimum absolute atomic E-state index is 0.0458. The second kappa shape index (κ2) is 17.0. The summed E-state index contributed by atoms with van der Waals surface area (Å²) in [5, 5.41) is 10.5. The molecular weight excluding hydrogens is 516 g/mol. The number of Topliss-reactive ketones (excluding diaryl/α,β-unsaturated/α-hetero) is 1. The van der Waals surface area contributed by atoms with Crippen molar-refractivity contribution in [2.24, 2.45) is 5.92 Å². The SMILES string of the molecule is CCCN(CC(C)=O)C(=O)C(Cc1ccncc1)NC(=O)C(C)NC(=O)C(CC(C)C)NC(=O)C(C)NC(C)=O. The normalized spacial score (nSPS) is 13.8. The van der Waals surface area contributed by atoms with E-state index in [1.807, 2.05) is 20.8 Å². The van der Waals surface area contributed by atoms with Crippen molar-refractivity contribution in [1.82, 2.24) is 31.2 Å². The minimum Gasteiger partial charge on any atom is -0.345 e. The van der Waals surface area contributed by atoms with Crippen LogP contribution in [0.1, 0.15) is 66.9 Å². The zero-order valence-corrected chi connectivity index (χ0v) is 24.6. The predicted octanol–water partition coefficient (Wildman–Crippen LogP) is 0.497. The molecule has 4 unspecified atom stereocenters. The third kappa shape index (κ3) is 12.4. The highest BCUT2D eigenvalue weighted by molar-refractivity contribution is 5.95. The standard InChI is InChI=1S/C28H44N6O6/c1-8-13-34(16-18(4)35)28(40)24(15-22-9-11-29-12-10-22)33-26(38)20(6)31-27(39)23(14-17(2)3)32-25(37)19(5)30-21(7)36/h9-12,17,19-20,23-24H,8,13-16H2,1-7H3,(H,30,36)(H,31,39)(H,32,37)(H,33,38). The Labute approximate surface area is 236 Å². The van der Waals surface area contributed by atoms with Gasteiger partial charge < -0.3 is 26.2 Å². The van der Waals surface area contributed by atoms with Crippen molar-refractivity contribution in [3.05, 3.63) is 30.1 Å². The maximum atomic E-state index is 13.4. The van der Waals surface area contributed by atoms with Gasteiger partial charge in [-0.1, -0.05) is 20.8 Å². The fourth-order valence-electron chi connectivity index (χ4n) is 4.03. The lowest BCUT2D eigenvalue weighted by atomic mass is 10.0. The van der Waals surface area contributed by atoms with Crippen LogP contribution in [-0.4, -0.2) is 82.5 Å². The van der Waals surface area contributed by atoms with Crippen LogP contribution in [-0.2, 0) is 35.2 Å². The molecule has 0 fully saturated rings. The molecule has 222 valence electrons. The maximum absolute atomic E-state index is 13.4. The Morgan fingerprint density at radius 3 is 1.85 bits per heavy atom. The average Bonchev–Trinajstić information content (AvgIpc) is 2.86. The van der Waals surface area contributed by atoms with Crippen LogP contribution in [0, 0.1) is 5.92 Å². The van der Waals surface area contributed by atoms with Crippen LogP contribution in [0.4, 0.5) is 0 Å². The molecule has 0 aliphatic carbocycles. The van der Waals surface area contributed by atoms with Crippen molar-refractivity contribution in [1.29, 1.82) is 0 Å². The van der Waals surface area contributed by atoms with Gasteiger partial charge in [-0.3, -0.25) is 33.8 Å². The summed E-state index contributed by atoms with van der Waals surface area (Å²) in [6.45, 7) is 11.6. The number of hydrogen-bond acceptors (Lipinski definition) is 7. The van der Waals surface area contributed by atoms with Crippen LogP contribution in [0.15, 0.2) is 24.5 Å². The fourth-order valence-corrected chi connectivity index (χ4v) is 4.03. The Morgan fingerprint density at radius 1 is 0.800 bits per heavy atom. The van der Waals surface area contributed by atoms with Crippen molar-refractivity contribution in [3.8, 4) is 0 Å². The van der Waals surface area contributed by atoms with Gasteiger partial charge in [0.2, 0.25) is 29.5 Å². The molecule has 0 aliphatic heterocycles. The van der Waals surface area contributed by atoms with Crippen molar-refractivity contribution >= 4 is 35.3 Å². The first-order valence-electron chi connectivity index (χ1n) is 13.6. The molecule has 1 aromatic heterocycles. The summed E-state index contributed by atoms with van der Waals surface area (Å²) < 4.78 is 0. The number of nitrogens with zero attached hydrogens (tertiary/aromatic N) is 2. The molecule has 0 saturated carbocycles. The van der Waals surface area contributed by atoms with Crippen LogP contribution in [0.5, 0.6) is 0 Å². The molecule has 1 heterocycles. The van der Waals surface area contributed by atoms with E-state index in [2.05, 4.69) is 26.3 Å². The molecule has 0 bridgehead atoms. The first kappa shape index (κ1) is 34.2. The molecule has 0 radical (unpaired) electrons. The molecule has 12 nitrogen and oxygen atoms in total. The maximum Gasteiger partial charge on any atom is 0.245 e. The van der Waals surface area contributed by atoms with Gasteiger partial charge in [0.25, 0.3) is 0 Å². The van der Waals surface area contributed by atoms with Gasteiger partial charge in [-0.15, -0.1) is 0 Å². The van der Waals surface area contributed by atoms with Crippen molar-refractivity contribution in [2.45, 2.75) is 91.9 Å². The Bertz CT molecular complexity index is 1030. The number of carbonyl (C=O) groups is 6. The lowest BCUT2D eigenvalue weighted by Gasteiger charge is -2.28. The lowest BCUT2D eigenvalue weighted by Crippen LogP contribution is -2.58. The van der Waals surface area contributed by atoms with Crippen molar-refractivity contribution in [2.75, 3.05) is 13.1 Å². The zero-order chi connectivity index (χ0) is 30.4. The lowest BCUT2D eigenvalue weighted by molar-refractivity contribution is -0.139. The van der Waals surface area contributed by atoms with Gasteiger partial charge >= 0.3 is 0 Å². The average molecular weight is 561 g/mol. The molecule has 0 saturated heterocycles. The Balaban J connectivity index is 3.05. The van der Waals surface area contributed by atoms with Crippen LogP contribution in [0.2, 0.25) is 0 Å². The van der Waals surface area contributed by atoms with E-state index >= 15 is 0 Å². The third-order valence-electron chi connectivity index (χ3n) is 5.93. The number of nitrogens with one attached hydrogen (secondary N) is 4. The first-order valence-corrected chi connectivity index (χ1v) is 13.6. The van der Waals surface area contributed by atoms with E-state index in [9.17, 15) is 28.8 Å². The first-order chi connectivity index (χ1) is 18.7. The second-order valence-electron chi connectivity index (χ2n) is 10.4. The molecule has 0 aromatic carbocycles. The van der Waals surface area contributed by atoms with Crippen molar-refractivity contribution < 1.29 is 28.8 Å². The van der Waals surface area contributed by atoms with Gasteiger partial charge in [-0.25, -0.2) is 0 Å². The molecular formula is C28H44N6O6. The zero-order valence-electron chi connectivity index (χ0n) is 24.6. The number of pyridine rings is 1. The van der Waals surface area contributed by atoms with Crippen molar-refractivity contribution in [3.63, 3.8) is 0 Å². The van der Waals surface area contributed by atoms with Gasteiger partial charge in [0.15, 0.2) is 0 Å². The summed E-state index contributed by atoms with van der Waals surface area (Å²) in [4.78, 5) is 80.7. The van der Waals surface area contributed by atoms with Crippen LogP contribution >= 0.6 is 0 Å². The number of aromatic nitrogens is 1. The number of rotatable bonds is 16. The molecule has 1 rings (SSSR count). The number of hydrogen-bond donors (Lipinski definition) is 4. The number of carbonyl (C=O) groups excluding carboxylic acids is 6. The van der Waals surface area contributed by atoms with Crippen LogP contribution in [0.25, 0.3) is 0 Å². The fraction of sp³-hybridized carbons (Fsp3) is 0.607. The summed E-state index contributed by atoms with van der Waals surface area (Å²) in [5.41, 5.74) is 0.762. The van der Waals surface area contributed by atoms with E-state index in [1.54, 1.807) is 24.5 Å². The highest BCUT2D eigenvalue weighted by Crippen LogP contribution is 2.09. The molecule has 0 aliphatic rings. The highest BCUT2D eigenvalue weighted by Gasteiger charge is 2.31. The Morgan fingerprint density at radius 2 is 1.35 bits per heavy atom. The number of amides is 5. The van der Waals surface area contributed by atoms with E-state index in [0.29, 0.717) is 19.4 Å². The van der Waals surface area contributed by atoms with Gasteiger partial charge in [-0.05, 0) is 57.2 Å². The molecule has 40 heavy (non-hydrogen) atoms. The van der Waals surface area contributed by atoms with E-state index in [4.69, 9.17) is 0 Å². The van der Waals surface area contributed by atoms with Gasteiger partial charge in [0.05, 0.1) is 6.54 Å². The topological polar surface area (TPSA) is 167 Å². The molecule has 5 amide bonds. The van der Waals surface area contributed by atoms with Gasteiger partial charge in [0, 0.05) is 32.3 Å². The largest absolute Gasteiger partial charge is 0.345 e. The van der Waals surface area contributed by atoms with Crippen LogP contribution < -0.4 is 21.3 Å². The summed E-state index contributed by atoms with van der Waals surface area (Å²) >= 11 is 0. The summed E-state index contributed by atoms with van der Waals surface area (Å²) in [6, 6.07) is -0.343. The number of ketones is 1. The molecule has 0 spiro atoms. The highest BCUT2D eigenvalue weighted by atomic mass is 16.2. The van der Waals surface area contributed by atoms with Crippen LogP contribution in [0.3, 0.4) is 0 Å². The van der Waals surface area contributed by atoms with Gasteiger partial charge in [-0.2, -0.15) is 0 Å².